The molecule has 0 saturated carbocycles. The number of nitrogens with one attached hydrogen (secondary N) is 2. The molecule has 1 aromatic rings. The van der Waals surface area contributed by atoms with Gasteiger partial charge in [0.1, 0.15) is 0 Å². The second-order valence-electron chi connectivity index (χ2n) is 4.09. The van der Waals surface area contributed by atoms with Crippen LogP contribution in [0.3, 0.4) is 0 Å². The third kappa shape index (κ3) is 3.02. The fraction of sp³-hybridized carbons (Fsp3) is 0.636. The number of hydrogen-bond donors (Lipinski definition) is 2. The highest BCUT2D eigenvalue weighted by Crippen LogP contribution is 2.09. The van der Waals surface area contributed by atoms with Crippen molar-refractivity contribution in [1.29, 1.82) is 0 Å². The van der Waals surface area contributed by atoms with E-state index in [0.717, 1.165) is 36.6 Å². The largest absolute Gasteiger partial charge is 0.355 e. The van der Waals surface area contributed by atoms with Gasteiger partial charge in [-0.1, -0.05) is 0 Å². The van der Waals surface area contributed by atoms with Crippen LogP contribution in [0, 0.1) is 12.8 Å². The van der Waals surface area contributed by atoms with Crippen LogP contribution in [-0.4, -0.2) is 30.5 Å². The molecule has 0 aromatic carbocycles. The SMILES string of the molecule is Cc1nc(CCNC(=O)C2CCNC2)cs1. The van der Waals surface area contributed by atoms with E-state index in [-0.39, 0.29) is 11.8 Å². The van der Waals surface area contributed by atoms with E-state index >= 15 is 0 Å². The first-order valence-corrected chi connectivity index (χ1v) is 6.53. The monoisotopic (exact) mass is 239 g/mol. The van der Waals surface area contributed by atoms with E-state index in [0.29, 0.717) is 6.54 Å². The Kier molecular flexibility index (Phi) is 3.90. The predicted molar refractivity (Wildman–Crippen MR) is 64.5 cm³/mol. The van der Waals surface area contributed by atoms with Crippen LogP contribution >= 0.6 is 11.3 Å². The van der Waals surface area contributed by atoms with Crippen LogP contribution in [0.5, 0.6) is 0 Å². The van der Waals surface area contributed by atoms with Gasteiger partial charge in [-0.15, -0.1) is 11.3 Å². The molecule has 0 spiro atoms. The Morgan fingerprint density at radius 1 is 1.75 bits per heavy atom. The normalized spacial score (nSPS) is 19.9. The summed E-state index contributed by atoms with van der Waals surface area (Å²) >= 11 is 1.65. The summed E-state index contributed by atoms with van der Waals surface area (Å²) in [4.78, 5) is 16.0. The van der Waals surface area contributed by atoms with Crippen molar-refractivity contribution in [2.45, 2.75) is 19.8 Å². The smallest absolute Gasteiger partial charge is 0.224 e. The second kappa shape index (κ2) is 5.41. The van der Waals surface area contributed by atoms with Crippen molar-refractivity contribution in [2.24, 2.45) is 5.92 Å². The lowest BCUT2D eigenvalue weighted by Gasteiger charge is -2.08. The number of amides is 1. The summed E-state index contributed by atoms with van der Waals surface area (Å²) in [6.45, 7) is 4.47. The molecule has 1 amide bonds. The maximum absolute atomic E-state index is 11.7. The fourth-order valence-corrected chi connectivity index (χ4v) is 2.51. The van der Waals surface area contributed by atoms with E-state index in [1.165, 1.54) is 0 Å². The number of aryl methyl sites for hydroxylation is 1. The number of carbonyl (C=O) groups excluding carboxylic acids is 1. The summed E-state index contributed by atoms with van der Waals surface area (Å²) in [5.74, 6) is 0.342. The molecule has 4 nitrogen and oxygen atoms in total. The maximum atomic E-state index is 11.7. The molecule has 1 aromatic heterocycles. The van der Waals surface area contributed by atoms with Gasteiger partial charge >= 0.3 is 0 Å². The van der Waals surface area contributed by atoms with Crippen LogP contribution < -0.4 is 10.6 Å². The molecule has 88 valence electrons. The van der Waals surface area contributed by atoms with E-state index in [4.69, 9.17) is 0 Å². The van der Waals surface area contributed by atoms with Crippen molar-refractivity contribution in [3.8, 4) is 0 Å². The molecule has 2 rings (SSSR count). The quantitative estimate of drug-likeness (QED) is 0.814. The van der Waals surface area contributed by atoms with Gasteiger partial charge in [0.25, 0.3) is 0 Å². The number of aromatic nitrogens is 1. The summed E-state index contributed by atoms with van der Waals surface area (Å²) in [7, 11) is 0. The minimum Gasteiger partial charge on any atom is -0.355 e. The standard InChI is InChI=1S/C11H17N3OS/c1-8-14-10(7-16-8)3-5-13-11(15)9-2-4-12-6-9/h7,9,12H,2-6H2,1H3,(H,13,15). The van der Waals surface area contributed by atoms with Crippen LogP contribution in [0.25, 0.3) is 0 Å². The van der Waals surface area contributed by atoms with Crippen LogP contribution in [0.15, 0.2) is 5.38 Å². The van der Waals surface area contributed by atoms with Gasteiger partial charge in [0.2, 0.25) is 5.91 Å². The highest BCUT2D eigenvalue weighted by atomic mass is 32.1. The second-order valence-corrected chi connectivity index (χ2v) is 5.15. The molecule has 16 heavy (non-hydrogen) atoms. The summed E-state index contributed by atoms with van der Waals surface area (Å²) in [6, 6.07) is 0. The Morgan fingerprint density at radius 3 is 3.25 bits per heavy atom. The first-order chi connectivity index (χ1) is 7.75. The molecule has 1 fully saturated rings. The van der Waals surface area contributed by atoms with Gasteiger partial charge in [-0.2, -0.15) is 0 Å². The number of rotatable bonds is 4. The molecular formula is C11H17N3OS. The lowest BCUT2D eigenvalue weighted by atomic mass is 10.1. The van der Waals surface area contributed by atoms with Crippen molar-refractivity contribution in [2.75, 3.05) is 19.6 Å². The number of hydrogen-bond acceptors (Lipinski definition) is 4. The Balaban J connectivity index is 1.69. The Labute approximate surface area is 99.5 Å². The van der Waals surface area contributed by atoms with Crippen LogP contribution in [0.4, 0.5) is 0 Å². The number of thiazole rings is 1. The van der Waals surface area contributed by atoms with Crippen molar-refractivity contribution >= 4 is 17.2 Å². The van der Waals surface area contributed by atoms with Crippen molar-refractivity contribution in [3.05, 3.63) is 16.1 Å². The topological polar surface area (TPSA) is 54.0 Å². The van der Waals surface area contributed by atoms with Crippen molar-refractivity contribution < 1.29 is 4.79 Å². The molecule has 1 aliphatic heterocycles. The van der Waals surface area contributed by atoms with Crippen LogP contribution in [0.2, 0.25) is 0 Å². The van der Waals surface area contributed by atoms with Gasteiger partial charge in [-0.05, 0) is 19.9 Å². The highest BCUT2D eigenvalue weighted by molar-refractivity contribution is 7.09. The van der Waals surface area contributed by atoms with Gasteiger partial charge in [0, 0.05) is 24.9 Å². The summed E-state index contributed by atoms with van der Waals surface area (Å²) in [5, 5.41) is 9.30. The first-order valence-electron chi connectivity index (χ1n) is 5.65. The Hall–Kier alpha value is -0.940. The molecule has 1 aliphatic rings. The molecule has 2 N–H and O–H groups in total. The molecule has 1 atom stereocenters. The molecule has 0 bridgehead atoms. The average Bonchev–Trinajstić information content (AvgIpc) is 2.89. The molecule has 0 radical (unpaired) electrons. The number of nitrogens with zero attached hydrogens (tertiary/aromatic N) is 1. The van der Waals surface area contributed by atoms with Gasteiger partial charge in [0.15, 0.2) is 0 Å². The van der Waals surface area contributed by atoms with E-state index in [1.807, 2.05) is 6.92 Å². The molecule has 2 heterocycles. The van der Waals surface area contributed by atoms with Gasteiger partial charge < -0.3 is 10.6 Å². The van der Waals surface area contributed by atoms with Gasteiger partial charge in [-0.3, -0.25) is 4.79 Å². The molecular weight excluding hydrogens is 222 g/mol. The third-order valence-corrected chi connectivity index (χ3v) is 3.60. The van der Waals surface area contributed by atoms with E-state index in [1.54, 1.807) is 11.3 Å². The third-order valence-electron chi connectivity index (χ3n) is 2.78. The summed E-state index contributed by atoms with van der Waals surface area (Å²) < 4.78 is 0. The van der Waals surface area contributed by atoms with Crippen LogP contribution in [-0.2, 0) is 11.2 Å². The number of carbonyl (C=O) groups is 1. The van der Waals surface area contributed by atoms with E-state index in [9.17, 15) is 4.79 Å². The van der Waals surface area contributed by atoms with Gasteiger partial charge in [-0.25, -0.2) is 4.98 Å². The van der Waals surface area contributed by atoms with Crippen molar-refractivity contribution in [3.63, 3.8) is 0 Å². The maximum Gasteiger partial charge on any atom is 0.224 e. The van der Waals surface area contributed by atoms with Crippen molar-refractivity contribution in [1.82, 2.24) is 15.6 Å². The zero-order chi connectivity index (χ0) is 11.4. The first kappa shape index (κ1) is 11.5. The minimum atomic E-state index is 0.164. The fourth-order valence-electron chi connectivity index (χ4n) is 1.86. The predicted octanol–water partition coefficient (Wildman–Crippen LogP) is 0.720. The van der Waals surface area contributed by atoms with E-state index < -0.39 is 0 Å². The molecule has 1 saturated heterocycles. The lowest BCUT2D eigenvalue weighted by molar-refractivity contribution is -0.124. The Morgan fingerprint density at radius 2 is 2.62 bits per heavy atom. The minimum absolute atomic E-state index is 0.164. The zero-order valence-corrected chi connectivity index (χ0v) is 10.3. The Bertz CT molecular complexity index is 358. The highest BCUT2D eigenvalue weighted by Gasteiger charge is 2.21. The molecule has 5 heteroatoms. The van der Waals surface area contributed by atoms with E-state index in [2.05, 4.69) is 21.0 Å². The average molecular weight is 239 g/mol. The zero-order valence-electron chi connectivity index (χ0n) is 9.45. The lowest BCUT2D eigenvalue weighted by Crippen LogP contribution is -2.33. The summed E-state index contributed by atoms with van der Waals surface area (Å²) in [6.07, 6.45) is 1.79. The molecule has 1 unspecified atom stereocenters. The molecule has 0 aliphatic carbocycles. The van der Waals surface area contributed by atoms with Gasteiger partial charge in [0.05, 0.1) is 16.6 Å². The van der Waals surface area contributed by atoms with Crippen LogP contribution in [0.1, 0.15) is 17.1 Å². The summed E-state index contributed by atoms with van der Waals surface area (Å²) in [5.41, 5.74) is 1.08.